The molecule has 6 heteroatoms. The van der Waals surface area contributed by atoms with Crippen LogP contribution in [0.3, 0.4) is 0 Å². The number of carbonyl (C=O) groups excluding carboxylic acids is 1. The summed E-state index contributed by atoms with van der Waals surface area (Å²) in [6.45, 7) is 0.477. The van der Waals surface area contributed by atoms with E-state index < -0.39 is 0 Å². The lowest BCUT2D eigenvalue weighted by Crippen LogP contribution is -2.28. The monoisotopic (exact) mass is 274 g/mol. The molecule has 0 saturated heterocycles. The van der Waals surface area contributed by atoms with Gasteiger partial charge in [-0.05, 0) is 29.9 Å². The number of hydrogen-bond acceptors (Lipinski definition) is 4. The Labute approximate surface area is 115 Å². The van der Waals surface area contributed by atoms with E-state index >= 15 is 0 Å². The summed E-state index contributed by atoms with van der Waals surface area (Å²) >= 11 is 1.39. The van der Waals surface area contributed by atoms with Crippen LogP contribution in [0.15, 0.2) is 30.0 Å². The van der Waals surface area contributed by atoms with Crippen LogP contribution in [-0.2, 0) is 6.54 Å². The molecule has 0 aliphatic heterocycles. The fourth-order valence-electron chi connectivity index (χ4n) is 1.85. The molecule has 2 aromatic rings. The van der Waals surface area contributed by atoms with Crippen molar-refractivity contribution in [3.05, 3.63) is 41.2 Å². The predicted octanol–water partition coefficient (Wildman–Crippen LogP) is 2.74. The van der Waals surface area contributed by atoms with Gasteiger partial charge in [-0.15, -0.1) is 11.3 Å². The second kappa shape index (κ2) is 5.36. The van der Waals surface area contributed by atoms with Gasteiger partial charge in [-0.2, -0.15) is 0 Å². The molecule has 0 atom stereocenters. The van der Waals surface area contributed by atoms with E-state index in [0.717, 1.165) is 5.56 Å². The van der Waals surface area contributed by atoms with Gasteiger partial charge in [0.15, 0.2) is 5.13 Å². The van der Waals surface area contributed by atoms with Crippen molar-refractivity contribution in [3.8, 4) is 0 Å². The second-order valence-corrected chi connectivity index (χ2v) is 5.44. The van der Waals surface area contributed by atoms with Crippen LogP contribution < -0.4 is 10.6 Å². The first kappa shape index (κ1) is 12.1. The topological polar surface area (TPSA) is 66.9 Å². The molecular weight excluding hydrogens is 260 g/mol. The van der Waals surface area contributed by atoms with E-state index in [4.69, 9.17) is 0 Å². The summed E-state index contributed by atoms with van der Waals surface area (Å²) in [6.07, 6.45) is 7.86. The zero-order chi connectivity index (χ0) is 13.1. The number of rotatable bonds is 4. The summed E-state index contributed by atoms with van der Waals surface area (Å²) in [5, 5.41) is 7.90. The molecule has 3 rings (SSSR count). The minimum Gasteiger partial charge on any atom is -0.334 e. The van der Waals surface area contributed by atoms with Crippen molar-refractivity contribution in [1.29, 1.82) is 0 Å². The van der Waals surface area contributed by atoms with Gasteiger partial charge in [0.05, 0.1) is 0 Å². The number of pyridine rings is 1. The number of amides is 2. The van der Waals surface area contributed by atoms with Gasteiger partial charge in [0.2, 0.25) is 0 Å². The van der Waals surface area contributed by atoms with E-state index in [-0.39, 0.29) is 6.03 Å². The Balaban J connectivity index is 1.53. The number of carbonyl (C=O) groups is 1. The normalized spacial score (nSPS) is 14.1. The molecule has 0 radical (unpaired) electrons. The van der Waals surface area contributed by atoms with Crippen LogP contribution in [-0.4, -0.2) is 16.0 Å². The van der Waals surface area contributed by atoms with E-state index in [2.05, 4.69) is 26.7 Å². The molecule has 0 unspecified atom stereocenters. The molecule has 2 amide bonds. The van der Waals surface area contributed by atoms with Crippen molar-refractivity contribution < 1.29 is 4.79 Å². The van der Waals surface area contributed by atoms with E-state index in [1.807, 2.05) is 11.6 Å². The standard InChI is InChI=1S/C13H14N4OS/c18-12(17-13-15-3-4-19-13)16-7-9-5-11(8-14-6-9)10-1-2-10/h3-6,8,10H,1-2,7H2,(H2,15,16,17,18). The first-order valence-corrected chi connectivity index (χ1v) is 7.07. The number of thiazole rings is 1. The van der Waals surface area contributed by atoms with Gasteiger partial charge in [0, 0.05) is 30.5 Å². The maximum absolute atomic E-state index is 11.6. The van der Waals surface area contributed by atoms with Crippen molar-refractivity contribution in [2.75, 3.05) is 5.32 Å². The van der Waals surface area contributed by atoms with Crippen LogP contribution in [0, 0.1) is 0 Å². The minimum atomic E-state index is -0.244. The molecule has 0 spiro atoms. The van der Waals surface area contributed by atoms with Crippen LogP contribution >= 0.6 is 11.3 Å². The van der Waals surface area contributed by atoms with E-state index in [1.54, 1.807) is 12.4 Å². The Morgan fingerprint density at radius 1 is 1.42 bits per heavy atom. The minimum absolute atomic E-state index is 0.244. The molecule has 2 N–H and O–H groups in total. The largest absolute Gasteiger partial charge is 0.334 e. The van der Waals surface area contributed by atoms with E-state index in [0.29, 0.717) is 17.6 Å². The van der Waals surface area contributed by atoms with Gasteiger partial charge in [0.25, 0.3) is 0 Å². The number of urea groups is 1. The highest BCUT2D eigenvalue weighted by Crippen LogP contribution is 2.39. The molecule has 5 nitrogen and oxygen atoms in total. The van der Waals surface area contributed by atoms with Crippen molar-refractivity contribution in [2.45, 2.75) is 25.3 Å². The Kier molecular flexibility index (Phi) is 3.41. The van der Waals surface area contributed by atoms with Gasteiger partial charge < -0.3 is 5.32 Å². The average Bonchev–Trinajstić information content (AvgIpc) is 3.16. The van der Waals surface area contributed by atoms with Gasteiger partial charge >= 0.3 is 6.03 Å². The number of nitrogens with one attached hydrogen (secondary N) is 2. The average molecular weight is 274 g/mol. The van der Waals surface area contributed by atoms with Gasteiger partial charge in [0.1, 0.15) is 0 Å². The number of nitrogens with zero attached hydrogens (tertiary/aromatic N) is 2. The molecule has 2 aromatic heterocycles. The fraction of sp³-hybridized carbons (Fsp3) is 0.308. The Bertz CT molecular complexity index is 566. The Hall–Kier alpha value is -1.95. The van der Waals surface area contributed by atoms with Gasteiger partial charge in [-0.1, -0.05) is 6.07 Å². The first-order chi connectivity index (χ1) is 9.31. The molecule has 1 saturated carbocycles. The lowest BCUT2D eigenvalue weighted by molar-refractivity contribution is 0.251. The van der Waals surface area contributed by atoms with Crippen LogP contribution in [0.1, 0.15) is 29.9 Å². The van der Waals surface area contributed by atoms with Gasteiger partial charge in [-0.25, -0.2) is 9.78 Å². The van der Waals surface area contributed by atoms with Crippen LogP contribution in [0.4, 0.5) is 9.93 Å². The van der Waals surface area contributed by atoms with E-state index in [1.165, 1.54) is 29.7 Å². The maximum Gasteiger partial charge on any atom is 0.321 e. The van der Waals surface area contributed by atoms with Crippen LogP contribution in [0.2, 0.25) is 0 Å². The third kappa shape index (κ3) is 3.29. The van der Waals surface area contributed by atoms with Crippen molar-refractivity contribution in [2.24, 2.45) is 0 Å². The summed E-state index contributed by atoms with van der Waals surface area (Å²) in [4.78, 5) is 19.8. The molecule has 1 aliphatic rings. The molecule has 0 aromatic carbocycles. The highest BCUT2D eigenvalue weighted by Gasteiger charge is 2.23. The second-order valence-electron chi connectivity index (χ2n) is 4.55. The first-order valence-electron chi connectivity index (χ1n) is 6.19. The molecule has 98 valence electrons. The Morgan fingerprint density at radius 3 is 3.05 bits per heavy atom. The van der Waals surface area contributed by atoms with E-state index in [9.17, 15) is 4.79 Å². The number of hydrogen-bond donors (Lipinski definition) is 2. The molecular formula is C13H14N4OS. The zero-order valence-electron chi connectivity index (χ0n) is 10.3. The van der Waals surface area contributed by atoms with Gasteiger partial charge in [-0.3, -0.25) is 10.3 Å². The summed E-state index contributed by atoms with van der Waals surface area (Å²) in [7, 11) is 0. The van der Waals surface area contributed by atoms with Crippen molar-refractivity contribution in [3.63, 3.8) is 0 Å². The zero-order valence-corrected chi connectivity index (χ0v) is 11.1. The molecule has 1 aliphatic carbocycles. The smallest absolute Gasteiger partial charge is 0.321 e. The molecule has 0 bridgehead atoms. The molecule has 2 heterocycles. The van der Waals surface area contributed by atoms with Crippen molar-refractivity contribution in [1.82, 2.24) is 15.3 Å². The van der Waals surface area contributed by atoms with Crippen molar-refractivity contribution >= 4 is 22.5 Å². The summed E-state index contributed by atoms with van der Waals surface area (Å²) in [5.74, 6) is 0.677. The predicted molar refractivity (Wildman–Crippen MR) is 74.2 cm³/mol. The number of aromatic nitrogens is 2. The fourth-order valence-corrected chi connectivity index (χ4v) is 2.38. The summed E-state index contributed by atoms with van der Waals surface area (Å²) < 4.78 is 0. The summed E-state index contributed by atoms with van der Waals surface area (Å²) in [6, 6.07) is 1.88. The van der Waals surface area contributed by atoms with Crippen LogP contribution in [0.5, 0.6) is 0 Å². The SMILES string of the molecule is O=C(NCc1cncc(C2CC2)c1)Nc1nccs1. The number of anilines is 1. The highest BCUT2D eigenvalue weighted by molar-refractivity contribution is 7.13. The molecule has 19 heavy (non-hydrogen) atoms. The lowest BCUT2D eigenvalue weighted by atomic mass is 10.1. The maximum atomic E-state index is 11.6. The summed E-state index contributed by atoms with van der Waals surface area (Å²) in [5.41, 5.74) is 2.30. The quantitative estimate of drug-likeness (QED) is 0.900. The Morgan fingerprint density at radius 2 is 2.32 bits per heavy atom. The molecule has 1 fully saturated rings. The highest BCUT2D eigenvalue weighted by atomic mass is 32.1. The lowest BCUT2D eigenvalue weighted by Gasteiger charge is -2.06. The third-order valence-electron chi connectivity index (χ3n) is 2.97. The van der Waals surface area contributed by atoms with Crippen LogP contribution in [0.25, 0.3) is 0 Å². The third-order valence-corrected chi connectivity index (χ3v) is 3.66.